The number of fused-ring (bicyclic) bond motifs is 1. The zero-order valence-electron chi connectivity index (χ0n) is 9.26. The molecule has 0 unspecified atom stereocenters. The van der Waals surface area contributed by atoms with Gasteiger partial charge in [0.1, 0.15) is 0 Å². The first-order valence-corrected chi connectivity index (χ1v) is 5.18. The van der Waals surface area contributed by atoms with Crippen LogP contribution in [0.1, 0.15) is 23.7 Å². The Balaban J connectivity index is 2.56. The predicted molar refractivity (Wildman–Crippen MR) is 58.7 cm³/mol. The quantitative estimate of drug-likeness (QED) is 0.446. The van der Waals surface area contributed by atoms with Gasteiger partial charge in [0.15, 0.2) is 17.3 Å². The molecular weight excluding hydrogens is 226 g/mol. The van der Waals surface area contributed by atoms with Gasteiger partial charge < -0.3 is 9.47 Å². The van der Waals surface area contributed by atoms with Crippen LogP contribution in [0.2, 0.25) is 0 Å². The van der Waals surface area contributed by atoms with Gasteiger partial charge in [-0.3, -0.25) is 14.9 Å². The van der Waals surface area contributed by atoms with Gasteiger partial charge in [-0.1, -0.05) is 0 Å². The van der Waals surface area contributed by atoms with Gasteiger partial charge in [0.2, 0.25) is 0 Å². The summed E-state index contributed by atoms with van der Waals surface area (Å²) in [5.41, 5.74) is -0.207. The zero-order chi connectivity index (χ0) is 12.4. The molecule has 6 heteroatoms. The molecule has 2 rings (SSSR count). The summed E-state index contributed by atoms with van der Waals surface area (Å²) in [6.45, 7) is 2.21. The fourth-order valence-corrected chi connectivity index (χ4v) is 1.63. The minimum Gasteiger partial charge on any atom is -0.490 e. The van der Waals surface area contributed by atoms with Gasteiger partial charge >= 0.3 is 0 Å². The SMILES string of the molecule is CC(=O)c1cc2c(cc1[N+](=O)[O-])OCCCO2. The van der Waals surface area contributed by atoms with Gasteiger partial charge in [-0.05, 0) is 6.92 Å². The van der Waals surface area contributed by atoms with E-state index in [1.807, 2.05) is 0 Å². The topological polar surface area (TPSA) is 78.7 Å². The summed E-state index contributed by atoms with van der Waals surface area (Å²) in [5, 5.41) is 10.9. The summed E-state index contributed by atoms with van der Waals surface area (Å²) >= 11 is 0. The molecule has 0 aromatic heterocycles. The van der Waals surface area contributed by atoms with E-state index in [1.165, 1.54) is 19.1 Å². The molecule has 1 aliphatic heterocycles. The fourth-order valence-electron chi connectivity index (χ4n) is 1.63. The van der Waals surface area contributed by atoms with Gasteiger partial charge in [0.25, 0.3) is 5.69 Å². The highest BCUT2D eigenvalue weighted by atomic mass is 16.6. The maximum absolute atomic E-state index is 11.3. The van der Waals surface area contributed by atoms with Crippen molar-refractivity contribution in [2.24, 2.45) is 0 Å². The Hall–Kier alpha value is -2.11. The number of nitro groups is 1. The lowest BCUT2D eigenvalue weighted by atomic mass is 10.1. The number of carbonyl (C=O) groups excluding carboxylic acids is 1. The van der Waals surface area contributed by atoms with E-state index in [4.69, 9.17) is 9.47 Å². The Morgan fingerprint density at radius 1 is 1.29 bits per heavy atom. The number of ether oxygens (including phenoxy) is 2. The van der Waals surface area contributed by atoms with Gasteiger partial charge in [0.05, 0.1) is 29.8 Å². The molecule has 1 aliphatic rings. The summed E-state index contributed by atoms with van der Waals surface area (Å²) in [6.07, 6.45) is 0.706. The van der Waals surface area contributed by atoms with E-state index in [0.29, 0.717) is 31.1 Å². The summed E-state index contributed by atoms with van der Waals surface area (Å²) in [5.74, 6) is 0.338. The van der Waals surface area contributed by atoms with Gasteiger partial charge in [-0.15, -0.1) is 0 Å². The molecule has 0 aliphatic carbocycles. The molecule has 0 radical (unpaired) electrons. The Labute approximate surface area is 97.3 Å². The molecular formula is C11H11NO5. The average molecular weight is 237 g/mol. The van der Waals surface area contributed by atoms with Crippen molar-refractivity contribution in [3.8, 4) is 11.5 Å². The molecule has 0 atom stereocenters. The number of hydrogen-bond donors (Lipinski definition) is 0. The van der Waals surface area contributed by atoms with Crippen LogP contribution in [0.15, 0.2) is 12.1 Å². The van der Waals surface area contributed by atoms with Crippen LogP contribution in [0.5, 0.6) is 11.5 Å². The van der Waals surface area contributed by atoms with Crippen LogP contribution in [0.4, 0.5) is 5.69 Å². The predicted octanol–water partition coefficient (Wildman–Crippen LogP) is 1.96. The summed E-state index contributed by atoms with van der Waals surface area (Å²) < 4.78 is 10.7. The van der Waals surface area contributed by atoms with Crippen molar-refractivity contribution in [2.45, 2.75) is 13.3 Å². The van der Waals surface area contributed by atoms with Crippen molar-refractivity contribution in [1.82, 2.24) is 0 Å². The van der Waals surface area contributed by atoms with Crippen LogP contribution < -0.4 is 9.47 Å². The largest absolute Gasteiger partial charge is 0.490 e. The molecule has 1 aromatic carbocycles. The van der Waals surface area contributed by atoms with Crippen LogP contribution in [0, 0.1) is 10.1 Å². The minimum absolute atomic E-state index is 0.0410. The number of hydrogen-bond acceptors (Lipinski definition) is 5. The van der Waals surface area contributed by atoms with Gasteiger partial charge in [0, 0.05) is 12.5 Å². The van der Waals surface area contributed by atoms with Crippen LogP contribution in [0.25, 0.3) is 0 Å². The first-order valence-electron chi connectivity index (χ1n) is 5.18. The second-order valence-corrected chi connectivity index (χ2v) is 3.68. The Morgan fingerprint density at radius 3 is 2.41 bits per heavy atom. The van der Waals surface area contributed by atoms with Crippen molar-refractivity contribution in [3.05, 3.63) is 27.8 Å². The number of carbonyl (C=O) groups is 1. The van der Waals surface area contributed by atoms with Crippen LogP contribution in [0.3, 0.4) is 0 Å². The molecule has 0 bridgehead atoms. The molecule has 1 heterocycles. The van der Waals surface area contributed by atoms with E-state index in [2.05, 4.69) is 0 Å². The third-order valence-corrected chi connectivity index (χ3v) is 2.44. The maximum Gasteiger partial charge on any atom is 0.284 e. The van der Waals surface area contributed by atoms with E-state index < -0.39 is 4.92 Å². The van der Waals surface area contributed by atoms with E-state index >= 15 is 0 Å². The Kier molecular flexibility index (Phi) is 2.95. The van der Waals surface area contributed by atoms with Crippen molar-refractivity contribution >= 4 is 11.5 Å². The molecule has 0 saturated heterocycles. The summed E-state index contributed by atoms with van der Waals surface area (Å²) in [7, 11) is 0. The molecule has 0 amide bonds. The number of benzene rings is 1. The van der Waals surface area contributed by atoms with Crippen molar-refractivity contribution in [2.75, 3.05) is 13.2 Å². The highest BCUT2D eigenvalue weighted by Gasteiger charge is 2.23. The van der Waals surface area contributed by atoms with Crippen LogP contribution in [-0.2, 0) is 0 Å². The van der Waals surface area contributed by atoms with E-state index in [1.54, 1.807) is 0 Å². The molecule has 0 fully saturated rings. The van der Waals surface area contributed by atoms with Gasteiger partial charge in [-0.2, -0.15) is 0 Å². The number of Topliss-reactive ketones (excluding diaryl/α,β-unsaturated/α-hetero) is 1. The van der Waals surface area contributed by atoms with E-state index in [0.717, 1.165) is 0 Å². The van der Waals surface area contributed by atoms with E-state index in [-0.39, 0.29) is 17.0 Å². The molecule has 6 nitrogen and oxygen atoms in total. The molecule has 0 spiro atoms. The highest BCUT2D eigenvalue weighted by Crippen LogP contribution is 2.36. The third kappa shape index (κ3) is 2.20. The van der Waals surface area contributed by atoms with Crippen molar-refractivity contribution in [3.63, 3.8) is 0 Å². The van der Waals surface area contributed by atoms with E-state index in [9.17, 15) is 14.9 Å². The monoisotopic (exact) mass is 237 g/mol. The normalized spacial score (nSPS) is 13.9. The lowest BCUT2D eigenvalue weighted by Gasteiger charge is -2.08. The molecule has 0 N–H and O–H groups in total. The summed E-state index contributed by atoms with van der Waals surface area (Å²) in [4.78, 5) is 21.6. The number of rotatable bonds is 2. The Morgan fingerprint density at radius 2 is 1.88 bits per heavy atom. The lowest BCUT2D eigenvalue weighted by Crippen LogP contribution is -2.02. The highest BCUT2D eigenvalue weighted by molar-refractivity contribution is 5.98. The minimum atomic E-state index is -0.592. The second kappa shape index (κ2) is 4.40. The third-order valence-electron chi connectivity index (χ3n) is 2.44. The fraction of sp³-hybridized carbons (Fsp3) is 0.364. The maximum atomic E-state index is 11.3. The standard InChI is InChI=1S/C11H11NO5/c1-7(13)8-5-10-11(6-9(8)12(14)15)17-4-2-3-16-10/h5-6H,2-4H2,1H3. The first-order chi connectivity index (χ1) is 8.09. The number of nitro benzene ring substituents is 1. The number of nitrogens with zero attached hydrogens (tertiary/aromatic N) is 1. The van der Waals surface area contributed by atoms with Gasteiger partial charge in [-0.25, -0.2) is 0 Å². The molecule has 0 saturated carbocycles. The zero-order valence-corrected chi connectivity index (χ0v) is 9.26. The van der Waals surface area contributed by atoms with Crippen molar-refractivity contribution in [1.29, 1.82) is 0 Å². The second-order valence-electron chi connectivity index (χ2n) is 3.68. The number of ketones is 1. The molecule has 1 aromatic rings. The summed E-state index contributed by atoms with van der Waals surface area (Å²) in [6, 6.07) is 2.62. The smallest absolute Gasteiger partial charge is 0.284 e. The first kappa shape index (κ1) is 11.4. The van der Waals surface area contributed by atoms with Crippen LogP contribution in [-0.4, -0.2) is 23.9 Å². The molecule has 17 heavy (non-hydrogen) atoms. The van der Waals surface area contributed by atoms with Crippen molar-refractivity contribution < 1.29 is 19.2 Å². The lowest BCUT2D eigenvalue weighted by molar-refractivity contribution is -0.385. The molecule has 90 valence electrons. The Bertz CT molecular complexity index is 440. The van der Waals surface area contributed by atoms with Crippen LogP contribution >= 0.6 is 0 Å². The average Bonchev–Trinajstić information content (AvgIpc) is 2.51.